The lowest BCUT2D eigenvalue weighted by Gasteiger charge is -2.27. The molecule has 1 heterocycles. The molecule has 4 heteroatoms. The Morgan fingerprint density at radius 1 is 0.871 bits per heavy atom. The van der Waals surface area contributed by atoms with Crippen LogP contribution in [0.25, 0.3) is 0 Å². The minimum Gasteiger partial charge on any atom is -0.496 e. The molecule has 1 aliphatic rings. The van der Waals surface area contributed by atoms with Crippen LogP contribution in [0.3, 0.4) is 0 Å². The lowest BCUT2D eigenvalue weighted by atomic mass is 9.90. The van der Waals surface area contributed by atoms with Gasteiger partial charge in [-0.3, -0.25) is 4.79 Å². The number of methoxy groups -OCH3 is 1. The van der Waals surface area contributed by atoms with Gasteiger partial charge < -0.3 is 15.0 Å². The van der Waals surface area contributed by atoms with E-state index in [1.807, 2.05) is 72.8 Å². The van der Waals surface area contributed by atoms with E-state index in [1.165, 1.54) is 17.7 Å². The zero-order valence-corrected chi connectivity index (χ0v) is 18.1. The summed E-state index contributed by atoms with van der Waals surface area (Å²) in [6, 6.07) is 28.4. The van der Waals surface area contributed by atoms with E-state index in [0.29, 0.717) is 6.54 Å². The van der Waals surface area contributed by atoms with Gasteiger partial charge in [0.2, 0.25) is 5.91 Å². The summed E-state index contributed by atoms with van der Waals surface area (Å²) in [5.74, 6) is 0.606. The molecule has 0 unspecified atom stereocenters. The fourth-order valence-electron chi connectivity index (χ4n) is 4.70. The first kappa shape index (κ1) is 21.1. The molecule has 4 nitrogen and oxygen atoms in total. The minimum atomic E-state index is -0.325. The molecule has 160 valence electrons. The van der Waals surface area contributed by atoms with E-state index in [2.05, 4.69) is 17.4 Å². The highest BCUT2D eigenvalue weighted by atomic mass is 16.5. The van der Waals surface area contributed by atoms with Crippen LogP contribution in [0.1, 0.15) is 41.5 Å². The maximum atomic E-state index is 13.5. The molecule has 1 saturated heterocycles. The van der Waals surface area contributed by atoms with Crippen LogP contribution < -0.4 is 15.0 Å². The summed E-state index contributed by atoms with van der Waals surface area (Å²) in [6.07, 6.45) is 2.46. The van der Waals surface area contributed by atoms with Crippen molar-refractivity contribution in [2.24, 2.45) is 0 Å². The monoisotopic (exact) mass is 415 g/mol. The summed E-state index contributed by atoms with van der Waals surface area (Å²) in [7, 11) is 1.72. The lowest BCUT2D eigenvalue weighted by molar-refractivity contribution is -0.918. The Morgan fingerprint density at radius 3 is 2.00 bits per heavy atom. The number of carbonyl (C=O) groups excluding carboxylic acids is 1. The maximum absolute atomic E-state index is 13.5. The largest absolute Gasteiger partial charge is 0.496 e. The molecule has 0 aliphatic carbocycles. The van der Waals surface area contributed by atoms with Gasteiger partial charge in [-0.05, 0) is 23.3 Å². The van der Waals surface area contributed by atoms with Crippen LogP contribution in [0.15, 0.2) is 84.9 Å². The molecule has 1 aliphatic heterocycles. The average Bonchev–Trinajstić information content (AvgIpc) is 3.36. The quantitative estimate of drug-likeness (QED) is 0.592. The number of para-hydroxylation sites is 1. The first-order valence-electron chi connectivity index (χ1n) is 11.1. The van der Waals surface area contributed by atoms with E-state index in [9.17, 15) is 4.79 Å². The van der Waals surface area contributed by atoms with E-state index >= 15 is 0 Å². The van der Waals surface area contributed by atoms with Gasteiger partial charge in [0, 0.05) is 12.8 Å². The normalized spacial score (nSPS) is 15.0. The Bertz CT molecular complexity index is 929. The number of hydrogen-bond acceptors (Lipinski definition) is 2. The van der Waals surface area contributed by atoms with Crippen molar-refractivity contribution in [1.82, 2.24) is 5.32 Å². The molecule has 3 aromatic rings. The van der Waals surface area contributed by atoms with Crippen molar-refractivity contribution in [3.8, 4) is 5.75 Å². The number of likely N-dealkylation sites (tertiary alicyclic amines) is 1. The van der Waals surface area contributed by atoms with Crippen molar-refractivity contribution < 1.29 is 14.4 Å². The summed E-state index contributed by atoms with van der Waals surface area (Å²) in [5, 5.41) is 3.29. The summed E-state index contributed by atoms with van der Waals surface area (Å²) in [5.41, 5.74) is 3.18. The van der Waals surface area contributed by atoms with Gasteiger partial charge in [-0.2, -0.15) is 0 Å². The molecular weight excluding hydrogens is 384 g/mol. The lowest BCUT2D eigenvalue weighted by Crippen LogP contribution is -3.11. The average molecular weight is 416 g/mol. The van der Waals surface area contributed by atoms with Crippen LogP contribution in [-0.4, -0.2) is 32.7 Å². The maximum Gasteiger partial charge on any atom is 0.232 e. The van der Waals surface area contributed by atoms with Crippen LogP contribution in [0.4, 0.5) is 0 Å². The molecule has 3 aromatic carbocycles. The standard InChI is InChI=1S/C27H30N2O2/c1-31-25-17-9-8-16-23(25)24(29-18-10-11-19-29)20-28-27(30)26(21-12-4-2-5-13-21)22-14-6-3-7-15-22/h2-9,12-17,24,26H,10-11,18-20H2,1H3,(H,28,30)/p+1/t24-/m1/s1. The van der Waals surface area contributed by atoms with Crippen molar-refractivity contribution >= 4 is 5.91 Å². The fraction of sp³-hybridized carbons (Fsp3) is 0.296. The second-order valence-corrected chi connectivity index (χ2v) is 8.16. The predicted molar refractivity (Wildman–Crippen MR) is 123 cm³/mol. The smallest absolute Gasteiger partial charge is 0.232 e. The Morgan fingerprint density at radius 2 is 1.42 bits per heavy atom. The Labute approximate surface area is 184 Å². The van der Waals surface area contributed by atoms with Crippen molar-refractivity contribution in [3.63, 3.8) is 0 Å². The third kappa shape index (κ3) is 4.97. The number of carbonyl (C=O) groups is 1. The van der Waals surface area contributed by atoms with Gasteiger partial charge in [-0.1, -0.05) is 72.8 Å². The molecule has 0 saturated carbocycles. The van der Waals surface area contributed by atoms with E-state index in [4.69, 9.17) is 4.74 Å². The molecule has 1 amide bonds. The van der Waals surface area contributed by atoms with Crippen LogP contribution in [0, 0.1) is 0 Å². The second kappa shape index (κ2) is 10.3. The highest BCUT2D eigenvalue weighted by Crippen LogP contribution is 2.26. The molecule has 0 aromatic heterocycles. The molecule has 0 radical (unpaired) electrons. The number of quaternary nitrogens is 1. The van der Waals surface area contributed by atoms with Gasteiger partial charge >= 0.3 is 0 Å². The zero-order chi connectivity index (χ0) is 21.5. The van der Waals surface area contributed by atoms with Crippen molar-refractivity contribution in [1.29, 1.82) is 0 Å². The second-order valence-electron chi connectivity index (χ2n) is 8.16. The summed E-state index contributed by atoms with van der Waals surface area (Å²) < 4.78 is 5.65. The Kier molecular flexibility index (Phi) is 7.00. The van der Waals surface area contributed by atoms with Gasteiger partial charge in [0.05, 0.1) is 38.2 Å². The van der Waals surface area contributed by atoms with E-state index < -0.39 is 0 Å². The van der Waals surface area contributed by atoms with Gasteiger partial charge in [0.25, 0.3) is 0 Å². The van der Waals surface area contributed by atoms with Crippen LogP contribution in [0.5, 0.6) is 5.75 Å². The first-order chi connectivity index (χ1) is 15.3. The van der Waals surface area contributed by atoms with Crippen molar-refractivity contribution in [2.45, 2.75) is 24.8 Å². The summed E-state index contributed by atoms with van der Waals surface area (Å²) in [4.78, 5) is 15.0. The number of rotatable bonds is 8. The number of hydrogen-bond donors (Lipinski definition) is 2. The highest BCUT2D eigenvalue weighted by Gasteiger charge is 2.31. The third-order valence-corrected chi connectivity index (χ3v) is 6.26. The summed E-state index contributed by atoms with van der Waals surface area (Å²) >= 11 is 0. The van der Waals surface area contributed by atoms with Crippen molar-refractivity contribution in [3.05, 3.63) is 102 Å². The van der Waals surface area contributed by atoms with Crippen LogP contribution in [0.2, 0.25) is 0 Å². The molecule has 0 spiro atoms. The zero-order valence-electron chi connectivity index (χ0n) is 18.1. The van der Waals surface area contributed by atoms with Crippen molar-refractivity contribution in [2.75, 3.05) is 26.7 Å². The summed E-state index contributed by atoms with van der Waals surface area (Å²) in [6.45, 7) is 2.84. The number of nitrogens with one attached hydrogen (secondary N) is 2. The van der Waals surface area contributed by atoms with E-state index in [1.54, 1.807) is 7.11 Å². The predicted octanol–water partition coefficient (Wildman–Crippen LogP) is 3.36. The SMILES string of the molecule is COc1ccccc1[C@@H](CNC(=O)C(c1ccccc1)c1ccccc1)[NH+]1CCCC1. The molecule has 1 fully saturated rings. The Hall–Kier alpha value is -3.11. The molecule has 0 bridgehead atoms. The highest BCUT2D eigenvalue weighted by molar-refractivity contribution is 5.87. The number of benzene rings is 3. The van der Waals surface area contributed by atoms with Gasteiger partial charge in [-0.15, -0.1) is 0 Å². The minimum absolute atomic E-state index is 0.0379. The van der Waals surface area contributed by atoms with E-state index in [-0.39, 0.29) is 17.9 Å². The first-order valence-corrected chi connectivity index (χ1v) is 11.1. The van der Waals surface area contributed by atoms with Crippen LogP contribution in [-0.2, 0) is 4.79 Å². The molecule has 1 atom stereocenters. The molecule has 31 heavy (non-hydrogen) atoms. The number of amides is 1. The topological polar surface area (TPSA) is 42.8 Å². The molecule has 4 rings (SSSR count). The molecular formula is C27H31N2O2+. The Balaban J connectivity index is 1.58. The van der Waals surface area contributed by atoms with Gasteiger partial charge in [0.1, 0.15) is 11.8 Å². The van der Waals surface area contributed by atoms with Crippen LogP contribution >= 0.6 is 0 Å². The van der Waals surface area contributed by atoms with Gasteiger partial charge in [-0.25, -0.2) is 0 Å². The molecule has 2 N–H and O–H groups in total. The fourth-order valence-corrected chi connectivity index (χ4v) is 4.70. The number of ether oxygens (including phenoxy) is 1. The third-order valence-electron chi connectivity index (χ3n) is 6.26. The van der Waals surface area contributed by atoms with E-state index in [0.717, 1.165) is 35.5 Å². The van der Waals surface area contributed by atoms with Gasteiger partial charge in [0.15, 0.2) is 0 Å².